The Morgan fingerprint density at radius 1 is 1.05 bits per heavy atom. The SMILES string of the molecule is CC1(C)COB(Cc2ccc(C(C)(C)C)cc2)OC1. The van der Waals surface area contributed by atoms with Crippen molar-refractivity contribution in [1.29, 1.82) is 0 Å². The zero-order valence-electron chi connectivity index (χ0n) is 12.8. The van der Waals surface area contributed by atoms with Crippen molar-refractivity contribution in [2.45, 2.75) is 46.4 Å². The first kappa shape index (κ1) is 14.6. The Morgan fingerprint density at radius 2 is 1.58 bits per heavy atom. The van der Waals surface area contributed by atoms with Gasteiger partial charge in [-0.25, -0.2) is 0 Å². The Kier molecular flexibility index (Phi) is 4.07. The summed E-state index contributed by atoms with van der Waals surface area (Å²) in [6.45, 7) is 12.6. The summed E-state index contributed by atoms with van der Waals surface area (Å²) in [5.41, 5.74) is 2.99. The number of hydrogen-bond donors (Lipinski definition) is 0. The van der Waals surface area contributed by atoms with Crippen LogP contribution in [0.2, 0.25) is 0 Å². The lowest BCUT2D eigenvalue weighted by Crippen LogP contribution is -2.42. The first-order valence-electron chi connectivity index (χ1n) is 7.09. The van der Waals surface area contributed by atoms with Crippen LogP contribution in [0, 0.1) is 5.41 Å². The van der Waals surface area contributed by atoms with Gasteiger partial charge in [0.05, 0.1) is 0 Å². The minimum absolute atomic E-state index is 0.0893. The summed E-state index contributed by atoms with van der Waals surface area (Å²) in [5, 5.41) is 0. The predicted molar refractivity (Wildman–Crippen MR) is 80.3 cm³/mol. The predicted octanol–water partition coefficient (Wildman–Crippen LogP) is 3.63. The molecule has 0 N–H and O–H groups in total. The Bertz CT molecular complexity index is 407. The van der Waals surface area contributed by atoms with Crippen molar-refractivity contribution in [2.24, 2.45) is 5.41 Å². The highest BCUT2D eigenvalue weighted by Crippen LogP contribution is 2.24. The lowest BCUT2D eigenvalue weighted by molar-refractivity contribution is 0.0278. The molecule has 0 bridgehead atoms. The third-order valence-electron chi connectivity index (χ3n) is 3.54. The van der Waals surface area contributed by atoms with Crippen molar-refractivity contribution in [1.82, 2.24) is 0 Å². The Hall–Kier alpha value is -0.795. The number of rotatable bonds is 2. The summed E-state index contributed by atoms with van der Waals surface area (Å²) in [5.74, 6) is 0. The molecule has 0 unspecified atom stereocenters. The van der Waals surface area contributed by atoms with Crippen LogP contribution in [0.15, 0.2) is 24.3 Å². The molecule has 0 saturated carbocycles. The van der Waals surface area contributed by atoms with Crippen LogP contribution in [0.4, 0.5) is 0 Å². The molecule has 19 heavy (non-hydrogen) atoms. The van der Waals surface area contributed by atoms with E-state index >= 15 is 0 Å². The standard InChI is InChI=1S/C16H25BO2/c1-15(2,3)14-8-6-13(7-9-14)10-17-18-11-16(4,5)12-19-17/h6-9H,10-12H2,1-5H3. The van der Waals surface area contributed by atoms with E-state index in [1.807, 2.05) is 0 Å². The second kappa shape index (κ2) is 5.30. The average Bonchev–Trinajstić information content (AvgIpc) is 2.31. The van der Waals surface area contributed by atoms with Gasteiger partial charge in [0.1, 0.15) is 0 Å². The van der Waals surface area contributed by atoms with Gasteiger partial charge in [-0.2, -0.15) is 0 Å². The molecule has 1 aliphatic heterocycles. The van der Waals surface area contributed by atoms with Crippen molar-refractivity contribution < 1.29 is 9.31 Å². The molecule has 3 heteroatoms. The molecule has 0 aromatic heterocycles. The monoisotopic (exact) mass is 260 g/mol. The maximum absolute atomic E-state index is 5.77. The van der Waals surface area contributed by atoms with Crippen molar-refractivity contribution in [2.75, 3.05) is 13.2 Å². The summed E-state index contributed by atoms with van der Waals surface area (Å²) >= 11 is 0. The molecule has 0 aliphatic carbocycles. The van der Waals surface area contributed by atoms with Gasteiger partial charge in [0, 0.05) is 24.9 Å². The first-order chi connectivity index (χ1) is 8.76. The molecule has 1 heterocycles. The molecule has 1 aromatic carbocycles. The van der Waals surface area contributed by atoms with Gasteiger partial charge >= 0.3 is 7.12 Å². The van der Waals surface area contributed by atoms with E-state index in [0.29, 0.717) is 0 Å². The molecule has 104 valence electrons. The zero-order chi connectivity index (χ0) is 14.1. The maximum atomic E-state index is 5.77. The highest BCUT2D eigenvalue weighted by atomic mass is 16.6. The third-order valence-corrected chi connectivity index (χ3v) is 3.54. The maximum Gasteiger partial charge on any atom is 0.461 e. The van der Waals surface area contributed by atoms with E-state index in [4.69, 9.17) is 9.31 Å². The molecule has 1 aliphatic rings. The van der Waals surface area contributed by atoms with E-state index in [9.17, 15) is 0 Å². The lowest BCUT2D eigenvalue weighted by atomic mass is 9.76. The van der Waals surface area contributed by atoms with Crippen LogP contribution >= 0.6 is 0 Å². The van der Waals surface area contributed by atoms with Gasteiger partial charge in [0.2, 0.25) is 0 Å². The molecule has 0 atom stereocenters. The van der Waals surface area contributed by atoms with Gasteiger partial charge in [-0.3, -0.25) is 0 Å². The van der Waals surface area contributed by atoms with Crippen molar-refractivity contribution in [3.63, 3.8) is 0 Å². The molecule has 2 nitrogen and oxygen atoms in total. The third kappa shape index (κ3) is 4.08. The highest BCUT2D eigenvalue weighted by Gasteiger charge is 2.31. The van der Waals surface area contributed by atoms with Crippen molar-refractivity contribution in [3.05, 3.63) is 35.4 Å². The molecule has 1 fully saturated rings. The van der Waals surface area contributed by atoms with Gasteiger partial charge in [0.25, 0.3) is 0 Å². The number of hydrogen-bond acceptors (Lipinski definition) is 2. The quantitative estimate of drug-likeness (QED) is 0.756. The first-order valence-corrected chi connectivity index (χ1v) is 7.09. The Balaban J connectivity index is 1.94. The van der Waals surface area contributed by atoms with E-state index in [2.05, 4.69) is 58.9 Å². The largest absolute Gasteiger partial charge is 0.461 e. The smallest absolute Gasteiger partial charge is 0.410 e. The normalized spacial score (nSPS) is 19.5. The van der Waals surface area contributed by atoms with E-state index in [0.717, 1.165) is 19.5 Å². The van der Waals surface area contributed by atoms with Crippen molar-refractivity contribution in [3.8, 4) is 0 Å². The molecule has 2 rings (SSSR count). The van der Waals surface area contributed by atoms with Crippen LogP contribution in [-0.2, 0) is 21.0 Å². The fourth-order valence-electron chi connectivity index (χ4n) is 2.18. The van der Waals surface area contributed by atoms with E-state index in [1.165, 1.54) is 11.1 Å². The molecule has 0 spiro atoms. The highest BCUT2D eigenvalue weighted by molar-refractivity contribution is 6.44. The van der Waals surface area contributed by atoms with Gasteiger partial charge < -0.3 is 9.31 Å². The summed E-state index contributed by atoms with van der Waals surface area (Å²) in [4.78, 5) is 0. The van der Waals surface area contributed by atoms with E-state index < -0.39 is 0 Å². The molecule has 0 radical (unpaired) electrons. The minimum atomic E-state index is -0.0893. The molecular weight excluding hydrogens is 235 g/mol. The molecular formula is C16H25BO2. The van der Waals surface area contributed by atoms with Crippen LogP contribution in [-0.4, -0.2) is 20.3 Å². The molecule has 1 saturated heterocycles. The summed E-state index contributed by atoms with van der Waals surface area (Å²) in [6, 6.07) is 8.80. The van der Waals surface area contributed by atoms with Gasteiger partial charge in [-0.15, -0.1) is 0 Å². The average molecular weight is 260 g/mol. The van der Waals surface area contributed by atoms with E-state index in [-0.39, 0.29) is 17.9 Å². The van der Waals surface area contributed by atoms with Crippen LogP contribution in [0.1, 0.15) is 45.7 Å². The summed E-state index contributed by atoms with van der Waals surface area (Å²) in [6.07, 6.45) is 0.834. The van der Waals surface area contributed by atoms with E-state index in [1.54, 1.807) is 0 Å². The van der Waals surface area contributed by atoms with Gasteiger partial charge in [-0.1, -0.05) is 58.9 Å². The number of benzene rings is 1. The Morgan fingerprint density at radius 3 is 2.05 bits per heavy atom. The zero-order valence-corrected chi connectivity index (χ0v) is 12.8. The Labute approximate surface area is 117 Å². The summed E-state index contributed by atoms with van der Waals surface area (Å²) < 4.78 is 11.5. The summed E-state index contributed by atoms with van der Waals surface area (Å²) in [7, 11) is -0.0893. The molecule has 1 aromatic rings. The second-order valence-corrected chi connectivity index (χ2v) is 7.37. The minimum Gasteiger partial charge on any atom is -0.410 e. The second-order valence-electron chi connectivity index (χ2n) is 7.37. The van der Waals surface area contributed by atoms with Gasteiger partial charge in [-0.05, 0) is 16.5 Å². The fourth-order valence-corrected chi connectivity index (χ4v) is 2.18. The molecule has 0 amide bonds. The van der Waals surface area contributed by atoms with Crippen LogP contribution < -0.4 is 0 Å². The van der Waals surface area contributed by atoms with Crippen LogP contribution in [0.25, 0.3) is 0 Å². The van der Waals surface area contributed by atoms with Gasteiger partial charge in [0.15, 0.2) is 0 Å². The van der Waals surface area contributed by atoms with Crippen LogP contribution in [0.5, 0.6) is 0 Å². The fraction of sp³-hybridized carbons (Fsp3) is 0.625. The van der Waals surface area contributed by atoms with Crippen LogP contribution in [0.3, 0.4) is 0 Å². The van der Waals surface area contributed by atoms with Crippen molar-refractivity contribution >= 4 is 7.12 Å². The lowest BCUT2D eigenvalue weighted by Gasteiger charge is -2.33. The topological polar surface area (TPSA) is 18.5 Å².